The summed E-state index contributed by atoms with van der Waals surface area (Å²) < 4.78 is 7.10. The summed E-state index contributed by atoms with van der Waals surface area (Å²) in [6, 6.07) is 13.1. The van der Waals surface area contributed by atoms with Crippen molar-refractivity contribution in [3.63, 3.8) is 0 Å². The Kier molecular flexibility index (Phi) is 8.26. The van der Waals surface area contributed by atoms with Crippen molar-refractivity contribution in [2.24, 2.45) is 4.99 Å². The number of nitrogens with one attached hydrogen (secondary N) is 2. The third kappa shape index (κ3) is 6.27. The third-order valence-corrected chi connectivity index (χ3v) is 3.96. The Labute approximate surface area is 154 Å². The second-order valence-corrected chi connectivity index (χ2v) is 5.87. The van der Waals surface area contributed by atoms with Crippen LogP contribution in [0.2, 0.25) is 0 Å². The molecule has 0 aliphatic rings. The lowest BCUT2D eigenvalue weighted by Gasteiger charge is -2.12. The molecule has 2 rings (SSSR count). The summed E-state index contributed by atoms with van der Waals surface area (Å²) in [7, 11) is 1.67. The SMILES string of the molecule is CCNC(=NCc1ccccc1OC)NCCCCn1ccccc1=O. The van der Waals surface area contributed by atoms with E-state index in [1.165, 1.54) is 0 Å². The number of aromatic nitrogens is 1. The lowest BCUT2D eigenvalue weighted by atomic mass is 10.2. The summed E-state index contributed by atoms with van der Waals surface area (Å²) in [5.74, 6) is 1.63. The standard InChI is InChI=1S/C20H28N4O2/c1-3-21-20(23-16-17-10-4-5-11-18(17)26-2)22-13-7-9-15-24-14-8-6-12-19(24)25/h4-6,8,10-12,14H,3,7,9,13,15-16H2,1-2H3,(H2,21,22,23). The van der Waals surface area contributed by atoms with Gasteiger partial charge in [0.05, 0.1) is 13.7 Å². The van der Waals surface area contributed by atoms with Crippen molar-refractivity contribution in [1.29, 1.82) is 0 Å². The van der Waals surface area contributed by atoms with Crippen molar-refractivity contribution < 1.29 is 4.74 Å². The van der Waals surface area contributed by atoms with E-state index in [2.05, 4.69) is 15.6 Å². The molecule has 1 heterocycles. The number of benzene rings is 1. The molecular weight excluding hydrogens is 328 g/mol. The maximum absolute atomic E-state index is 11.7. The van der Waals surface area contributed by atoms with Crippen LogP contribution in [-0.2, 0) is 13.1 Å². The molecule has 6 heteroatoms. The van der Waals surface area contributed by atoms with Crippen molar-refractivity contribution in [3.8, 4) is 5.75 Å². The van der Waals surface area contributed by atoms with Crippen LogP contribution in [0.1, 0.15) is 25.3 Å². The molecule has 0 aliphatic heterocycles. The van der Waals surface area contributed by atoms with Gasteiger partial charge < -0.3 is 19.9 Å². The molecule has 0 radical (unpaired) electrons. The minimum Gasteiger partial charge on any atom is -0.496 e. The van der Waals surface area contributed by atoms with Gasteiger partial charge in [0.1, 0.15) is 5.75 Å². The number of aliphatic imine (C=N–C) groups is 1. The van der Waals surface area contributed by atoms with Gasteiger partial charge in [-0.1, -0.05) is 24.3 Å². The largest absolute Gasteiger partial charge is 0.496 e. The first-order chi connectivity index (χ1) is 12.7. The summed E-state index contributed by atoms with van der Waals surface area (Å²) in [6.45, 7) is 4.94. The van der Waals surface area contributed by atoms with Crippen molar-refractivity contribution in [2.45, 2.75) is 32.9 Å². The van der Waals surface area contributed by atoms with E-state index in [0.717, 1.165) is 49.7 Å². The molecule has 0 amide bonds. The van der Waals surface area contributed by atoms with Gasteiger partial charge in [0.25, 0.3) is 0 Å². The number of para-hydroxylation sites is 1. The Bertz CT molecular complexity index is 755. The van der Waals surface area contributed by atoms with E-state index in [9.17, 15) is 4.79 Å². The summed E-state index contributed by atoms with van der Waals surface area (Å²) in [6.07, 6.45) is 3.72. The second kappa shape index (κ2) is 11.0. The molecule has 1 aromatic heterocycles. The smallest absolute Gasteiger partial charge is 0.250 e. The number of hydrogen-bond acceptors (Lipinski definition) is 3. The van der Waals surface area contributed by atoms with Crippen LogP contribution >= 0.6 is 0 Å². The summed E-state index contributed by atoms with van der Waals surface area (Å²) in [4.78, 5) is 16.3. The molecule has 0 fully saturated rings. The fraction of sp³-hybridized carbons (Fsp3) is 0.400. The van der Waals surface area contributed by atoms with Crippen molar-refractivity contribution in [1.82, 2.24) is 15.2 Å². The zero-order chi connectivity index (χ0) is 18.6. The molecule has 1 aromatic carbocycles. The first kappa shape index (κ1) is 19.6. The normalized spacial score (nSPS) is 11.2. The predicted octanol–water partition coefficient (Wildman–Crippen LogP) is 2.39. The summed E-state index contributed by atoms with van der Waals surface area (Å²) >= 11 is 0. The van der Waals surface area contributed by atoms with Crippen LogP contribution in [-0.4, -0.2) is 30.7 Å². The van der Waals surface area contributed by atoms with Crippen LogP contribution < -0.4 is 20.9 Å². The average Bonchev–Trinajstić information content (AvgIpc) is 2.67. The maximum Gasteiger partial charge on any atom is 0.250 e. The minimum atomic E-state index is 0.0483. The van der Waals surface area contributed by atoms with Gasteiger partial charge in [0, 0.05) is 37.5 Å². The number of methoxy groups -OCH3 is 1. The quantitative estimate of drug-likeness (QED) is 0.411. The molecule has 0 unspecified atom stereocenters. The van der Waals surface area contributed by atoms with Gasteiger partial charge in [-0.2, -0.15) is 0 Å². The van der Waals surface area contributed by atoms with E-state index >= 15 is 0 Å². The topological polar surface area (TPSA) is 67.7 Å². The second-order valence-electron chi connectivity index (χ2n) is 5.87. The van der Waals surface area contributed by atoms with E-state index in [1.54, 1.807) is 23.8 Å². The van der Waals surface area contributed by atoms with Crippen LogP contribution in [0.25, 0.3) is 0 Å². The number of ether oxygens (including phenoxy) is 1. The predicted molar refractivity (Wildman–Crippen MR) is 106 cm³/mol. The van der Waals surface area contributed by atoms with E-state index in [1.807, 2.05) is 43.5 Å². The average molecular weight is 356 g/mol. The number of aryl methyl sites for hydroxylation is 1. The fourth-order valence-corrected chi connectivity index (χ4v) is 2.60. The summed E-state index contributed by atoms with van der Waals surface area (Å²) in [5.41, 5.74) is 1.10. The Morgan fingerprint density at radius 1 is 1.12 bits per heavy atom. The zero-order valence-electron chi connectivity index (χ0n) is 15.6. The fourth-order valence-electron chi connectivity index (χ4n) is 2.60. The van der Waals surface area contributed by atoms with Crippen molar-refractivity contribution >= 4 is 5.96 Å². The number of rotatable bonds is 9. The lowest BCUT2D eigenvalue weighted by molar-refractivity contribution is 0.410. The van der Waals surface area contributed by atoms with Gasteiger partial charge >= 0.3 is 0 Å². The lowest BCUT2D eigenvalue weighted by Crippen LogP contribution is -2.37. The van der Waals surface area contributed by atoms with Gasteiger partial charge in [-0.15, -0.1) is 0 Å². The van der Waals surface area contributed by atoms with Gasteiger partial charge in [0.2, 0.25) is 5.56 Å². The first-order valence-corrected chi connectivity index (χ1v) is 9.04. The van der Waals surface area contributed by atoms with Gasteiger partial charge in [-0.05, 0) is 31.9 Å². The highest BCUT2D eigenvalue weighted by Crippen LogP contribution is 2.17. The highest BCUT2D eigenvalue weighted by molar-refractivity contribution is 5.79. The van der Waals surface area contributed by atoms with E-state index in [-0.39, 0.29) is 5.56 Å². The number of guanidine groups is 1. The zero-order valence-corrected chi connectivity index (χ0v) is 15.6. The van der Waals surface area contributed by atoms with Crippen LogP contribution in [0, 0.1) is 0 Å². The highest BCUT2D eigenvalue weighted by atomic mass is 16.5. The van der Waals surface area contributed by atoms with Crippen LogP contribution in [0.15, 0.2) is 58.4 Å². The van der Waals surface area contributed by atoms with E-state index < -0.39 is 0 Å². The van der Waals surface area contributed by atoms with Crippen molar-refractivity contribution in [2.75, 3.05) is 20.2 Å². The Hall–Kier alpha value is -2.76. The molecular formula is C20H28N4O2. The van der Waals surface area contributed by atoms with Gasteiger partial charge in [-0.25, -0.2) is 4.99 Å². The highest BCUT2D eigenvalue weighted by Gasteiger charge is 2.02. The minimum absolute atomic E-state index is 0.0483. The molecule has 26 heavy (non-hydrogen) atoms. The van der Waals surface area contributed by atoms with Gasteiger partial charge in [0.15, 0.2) is 5.96 Å². The monoisotopic (exact) mass is 356 g/mol. The van der Waals surface area contributed by atoms with Crippen molar-refractivity contribution in [3.05, 3.63) is 64.6 Å². The molecule has 0 atom stereocenters. The first-order valence-electron chi connectivity index (χ1n) is 9.04. The Morgan fingerprint density at radius 3 is 2.69 bits per heavy atom. The molecule has 2 aromatic rings. The van der Waals surface area contributed by atoms with E-state index in [4.69, 9.17) is 4.74 Å². The number of unbranched alkanes of at least 4 members (excludes halogenated alkanes) is 1. The van der Waals surface area contributed by atoms with Gasteiger partial charge in [-0.3, -0.25) is 4.79 Å². The number of pyridine rings is 1. The Balaban J connectivity index is 1.80. The van der Waals surface area contributed by atoms with Crippen LogP contribution in [0.3, 0.4) is 0 Å². The Morgan fingerprint density at radius 2 is 1.92 bits per heavy atom. The molecule has 0 spiro atoms. The number of nitrogens with zero attached hydrogens (tertiary/aromatic N) is 2. The molecule has 6 nitrogen and oxygen atoms in total. The molecule has 0 bridgehead atoms. The van der Waals surface area contributed by atoms with Crippen LogP contribution in [0.4, 0.5) is 0 Å². The molecule has 140 valence electrons. The molecule has 0 aliphatic carbocycles. The summed E-state index contributed by atoms with van der Waals surface area (Å²) in [5, 5.41) is 6.59. The molecule has 0 saturated carbocycles. The maximum atomic E-state index is 11.7. The van der Waals surface area contributed by atoms with Crippen LogP contribution in [0.5, 0.6) is 5.75 Å². The molecule has 0 saturated heterocycles. The van der Waals surface area contributed by atoms with E-state index in [0.29, 0.717) is 6.54 Å². The third-order valence-electron chi connectivity index (χ3n) is 3.96. The molecule has 2 N–H and O–H groups in total. The number of hydrogen-bond donors (Lipinski definition) is 2.